The second kappa shape index (κ2) is 12.5. The number of rotatable bonds is 10. The van der Waals surface area contributed by atoms with Gasteiger partial charge in [-0.25, -0.2) is 8.42 Å². The Morgan fingerprint density at radius 1 is 0.946 bits per heavy atom. The van der Waals surface area contributed by atoms with E-state index in [1.165, 1.54) is 16.4 Å². The molecule has 1 amide bonds. The highest BCUT2D eigenvalue weighted by atomic mass is 32.2. The Labute approximate surface area is 217 Å². The first-order valence-electron chi connectivity index (χ1n) is 12.0. The smallest absolute Gasteiger partial charge is 0.252 e. The maximum atomic E-state index is 13.0. The summed E-state index contributed by atoms with van der Waals surface area (Å²) in [6.45, 7) is 1.99. The minimum absolute atomic E-state index is 0.214. The van der Waals surface area contributed by atoms with Crippen LogP contribution in [-0.2, 0) is 19.6 Å². The molecule has 0 aliphatic carbocycles. The van der Waals surface area contributed by atoms with E-state index >= 15 is 0 Å². The zero-order chi connectivity index (χ0) is 26.1. The van der Waals surface area contributed by atoms with E-state index in [1.807, 2.05) is 60.7 Å². The molecule has 1 heterocycles. The second-order valence-corrected chi connectivity index (χ2v) is 10.2. The zero-order valence-electron chi connectivity index (χ0n) is 20.6. The molecule has 1 fully saturated rings. The molecule has 0 atom stereocenters. The largest absolute Gasteiger partial charge is 0.497 e. The first kappa shape index (κ1) is 26.4. The average Bonchev–Trinajstić information content (AvgIpc) is 2.95. The first-order valence-corrected chi connectivity index (χ1v) is 13.4. The van der Waals surface area contributed by atoms with Crippen molar-refractivity contribution < 1.29 is 27.4 Å². The molecule has 1 saturated heterocycles. The molecule has 37 heavy (non-hydrogen) atoms. The van der Waals surface area contributed by atoms with Crippen LogP contribution in [0.15, 0.2) is 83.8 Å². The number of amides is 1. The Balaban J connectivity index is 1.35. The highest BCUT2D eigenvalue weighted by molar-refractivity contribution is 7.89. The minimum atomic E-state index is -3.55. The molecule has 194 valence electrons. The molecule has 0 aromatic heterocycles. The zero-order valence-corrected chi connectivity index (χ0v) is 21.4. The Hall–Kier alpha value is -3.66. The fourth-order valence-electron chi connectivity index (χ4n) is 3.84. The van der Waals surface area contributed by atoms with Gasteiger partial charge in [0.05, 0.1) is 31.8 Å². The number of nitrogens with one attached hydrogen (secondary N) is 1. The fraction of sp³-hybridized carbons (Fsp3) is 0.250. The molecular weight excluding hydrogens is 492 g/mol. The third-order valence-electron chi connectivity index (χ3n) is 5.84. The Kier molecular flexibility index (Phi) is 8.95. The van der Waals surface area contributed by atoms with E-state index in [0.717, 1.165) is 16.9 Å². The summed E-state index contributed by atoms with van der Waals surface area (Å²) in [7, 11) is -1.94. The number of benzene rings is 3. The third-order valence-corrected chi connectivity index (χ3v) is 7.76. The van der Waals surface area contributed by atoms with E-state index in [1.54, 1.807) is 19.2 Å². The van der Waals surface area contributed by atoms with Crippen LogP contribution in [0.3, 0.4) is 0 Å². The Morgan fingerprint density at radius 2 is 1.59 bits per heavy atom. The summed E-state index contributed by atoms with van der Waals surface area (Å²) < 4.78 is 43.1. The van der Waals surface area contributed by atoms with Crippen molar-refractivity contribution in [2.45, 2.75) is 4.90 Å². The van der Waals surface area contributed by atoms with Gasteiger partial charge in [0.25, 0.3) is 5.91 Å². The average molecular weight is 523 g/mol. The van der Waals surface area contributed by atoms with Gasteiger partial charge in [0.1, 0.15) is 18.1 Å². The van der Waals surface area contributed by atoms with E-state index in [0.29, 0.717) is 37.6 Å². The molecule has 0 radical (unpaired) electrons. The molecule has 9 heteroatoms. The van der Waals surface area contributed by atoms with E-state index in [-0.39, 0.29) is 24.0 Å². The molecule has 1 aliphatic rings. The quantitative estimate of drug-likeness (QED) is 0.249. The number of nitrogens with zero attached hydrogens (tertiary/aromatic N) is 1. The maximum Gasteiger partial charge on any atom is 0.252 e. The normalized spacial score (nSPS) is 14.7. The summed E-state index contributed by atoms with van der Waals surface area (Å²) in [5.41, 5.74) is 2.20. The highest BCUT2D eigenvalue weighted by Crippen LogP contribution is 2.22. The lowest BCUT2D eigenvalue weighted by Crippen LogP contribution is -2.40. The van der Waals surface area contributed by atoms with Gasteiger partial charge in [0.15, 0.2) is 0 Å². The standard InChI is InChI=1S/C28H30N2O6S/c1-34-24-9-7-22(8-10-24)21-27(23-5-3-2-4-6-23)28(31)29-15-18-36-25-11-13-26(14-12-25)37(32,33)30-16-19-35-20-17-30/h2-14,21H,15-20H2,1H3,(H,29,31)/b27-21+. The monoisotopic (exact) mass is 522 g/mol. The highest BCUT2D eigenvalue weighted by Gasteiger charge is 2.26. The predicted octanol–water partition coefficient (Wildman–Crippen LogP) is 3.45. The van der Waals surface area contributed by atoms with Gasteiger partial charge in [-0.1, -0.05) is 42.5 Å². The third kappa shape index (κ3) is 6.97. The first-order chi connectivity index (χ1) is 18.0. The summed E-state index contributed by atoms with van der Waals surface area (Å²) in [4.78, 5) is 13.3. The van der Waals surface area contributed by atoms with Crippen LogP contribution < -0.4 is 14.8 Å². The van der Waals surface area contributed by atoms with Gasteiger partial charge < -0.3 is 19.5 Å². The van der Waals surface area contributed by atoms with Crippen molar-refractivity contribution >= 4 is 27.6 Å². The number of sulfonamides is 1. The lowest BCUT2D eigenvalue weighted by atomic mass is 10.0. The van der Waals surface area contributed by atoms with Gasteiger partial charge in [-0.05, 0) is 53.6 Å². The van der Waals surface area contributed by atoms with Gasteiger partial charge in [-0.15, -0.1) is 0 Å². The minimum Gasteiger partial charge on any atom is -0.497 e. The second-order valence-electron chi connectivity index (χ2n) is 8.29. The van der Waals surface area contributed by atoms with Crippen molar-refractivity contribution in [1.82, 2.24) is 9.62 Å². The van der Waals surface area contributed by atoms with Crippen LogP contribution >= 0.6 is 0 Å². The van der Waals surface area contributed by atoms with Crippen molar-refractivity contribution in [3.8, 4) is 11.5 Å². The van der Waals surface area contributed by atoms with Crippen molar-refractivity contribution in [2.24, 2.45) is 0 Å². The van der Waals surface area contributed by atoms with Gasteiger partial charge in [0, 0.05) is 18.7 Å². The molecular formula is C28H30N2O6S. The van der Waals surface area contributed by atoms with E-state index in [4.69, 9.17) is 14.2 Å². The van der Waals surface area contributed by atoms with Crippen LogP contribution in [0.5, 0.6) is 11.5 Å². The Morgan fingerprint density at radius 3 is 2.24 bits per heavy atom. The van der Waals surface area contributed by atoms with Crippen LogP contribution in [-0.4, -0.2) is 65.2 Å². The summed E-state index contributed by atoms with van der Waals surface area (Å²) in [6.07, 6.45) is 1.83. The fourth-order valence-corrected chi connectivity index (χ4v) is 5.24. The van der Waals surface area contributed by atoms with Gasteiger partial charge in [-0.3, -0.25) is 4.79 Å². The van der Waals surface area contributed by atoms with E-state index in [2.05, 4.69) is 5.32 Å². The van der Waals surface area contributed by atoms with Crippen LogP contribution in [0, 0.1) is 0 Å². The molecule has 1 N–H and O–H groups in total. The maximum absolute atomic E-state index is 13.0. The van der Waals surface area contributed by atoms with Crippen molar-refractivity contribution in [2.75, 3.05) is 46.6 Å². The lowest BCUT2D eigenvalue weighted by Gasteiger charge is -2.26. The number of morpholine rings is 1. The van der Waals surface area contributed by atoms with Crippen molar-refractivity contribution in [1.29, 1.82) is 0 Å². The predicted molar refractivity (Wildman–Crippen MR) is 142 cm³/mol. The van der Waals surface area contributed by atoms with E-state index < -0.39 is 10.0 Å². The van der Waals surface area contributed by atoms with Crippen LogP contribution in [0.2, 0.25) is 0 Å². The number of carbonyl (C=O) groups is 1. The number of hydrogen-bond donors (Lipinski definition) is 1. The molecule has 8 nitrogen and oxygen atoms in total. The van der Waals surface area contributed by atoms with Gasteiger partial charge >= 0.3 is 0 Å². The molecule has 0 bridgehead atoms. The summed E-state index contributed by atoms with van der Waals surface area (Å²) >= 11 is 0. The number of ether oxygens (including phenoxy) is 3. The summed E-state index contributed by atoms with van der Waals surface area (Å²) in [6, 6.07) is 23.2. The van der Waals surface area contributed by atoms with Crippen LogP contribution in [0.25, 0.3) is 11.6 Å². The summed E-state index contributed by atoms with van der Waals surface area (Å²) in [5, 5.41) is 2.90. The number of carbonyl (C=O) groups excluding carboxylic acids is 1. The number of methoxy groups -OCH3 is 1. The molecule has 0 unspecified atom stereocenters. The SMILES string of the molecule is COc1ccc(/C=C(/C(=O)NCCOc2ccc(S(=O)(=O)N3CCOCC3)cc2)c2ccccc2)cc1. The topological polar surface area (TPSA) is 94.2 Å². The van der Waals surface area contributed by atoms with Gasteiger partial charge in [0.2, 0.25) is 10.0 Å². The molecule has 0 spiro atoms. The molecule has 3 aromatic carbocycles. The van der Waals surface area contributed by atoms with Crippen molar-refractivity contribution in [3.05, 3.63) is 90.0 Å². The molecule has 1 aliphatic heterocycles. The lowest BCUT2D eigenvalue weighted by molar-refractivity contribution is -0.115. The summed E-state index contributed by atoms with van der Waals surface area (Å²) in [5.74, 6) is 1.04. The number of hydrogen-bond acceptors (Lipinski definition) is 6. The van der Waals surface area contributed by atoms with Crippen molar-refractivity contribution in [3.63, 3.8) is 0 Å². The molecule has 0 saturated carbocycles. The van der Waals surface area contributed by atoms with E-state index in [9.17, 15) is 13.2 Å². The van der Waals surface area contributed by atoms with Gasteiger partial charge in [-0.2, -0.15) is 4.31 Å². The van der Waals surface area contributed by atoms with Crippen LogP contribution in [0.1, 0.15) is 11.1 Å². The molecule has 3 aromatic rings. The Bertz CT molecular complexity index is 1300. The van der Waals surface area contributed by atoms with Crippen LogP contribution in [0.4, 0.5) is 0 Å². The molecule has 4 rings (SSSR count).